The summed E-state index contributed by atoms with van der Waals surface area (Å²) in [5.41, 5.74) is 1.03. The summed E-state index contributed by atoms with van der Waals surface area (Å²) in [6.45, 7) is 0. The minimum Gasteiger partial charge on any atom is -0.464 e. The summed E-state index contributed by atoms with van der Waals surface area (Å²) in [6, 6.07) is 5.46. The van der Waals surface area contributed by atoms with Crippen LogP contribution in [0, 0.1) is 3.57 Å². The fourth-order valence-electron chi connectivity index (χ4n) is 1.33. The van der Waals surface area contributed by atoms with Crippen LogP contribution in [0.5, 0.6) is 0 Å². The second-order valence-corrected chi connectivity index (χ2v) is 5.13. The van der Waals surface area contributed by atoms with E-state index < -0.39 is 5.97 Å². The first kappa shape index (κ1) is 14.0. The van der Waals surface area contributed by atoms with Crippen molar-refractivity contribution in [2.24, 2.45) is 0 Å². The van der Waals surface area contributed by atoms with E-state index in [1.807, 2.05) is 12.1 Å². The first-order valence-electron chi connectivity index (χ1n) is 5.22. The number of nitrogens with zero attached hydrogens (tertiary/aromatic N) is 2. The zero-order chi connectivity index (χ0) is 13.8. The lowest BCUT2D eigenvalue weighted by Gasteiger charge is -2.08. The smallest absolute Gasteiger partial charge is 0.358 e. The van der Waals surface area contributed by atoms with Gasteiger partial charge in [0.2, 0.25) is 0 Å². The second kappa shape index (κ2) is 6.16. The van der Waals surface area contributed by atoms with Gasteiger partial charge in [-0.3, -0.25) is 0 Å². The van der Waals surface area contributed by atoms with Crippen LogP contribution in [0.25, 0.3) is 0 Å². The van der Waals surface area contributed by atoms with Crippen LogP contribution < -0.4 is 5.32 Å². The molecule has 0 saturated carbocycles. The van der Waals surface area contributed by atoms with E-state index in [4.69, 9.17) is 11.6 Å². The molecule has 0 unspecified atom stereocenters. The van der Waals surface area contributed by atoms with Crippen LogP contribution in [0.4, 0.5) is 11.5 Å². The van der Waals surface area contributed by atoms with E-state index in [1.54, 1.807) is 6.07 Å². The van der Waals surface area contributed by atoms with Crippen LogP contribution in [-0.4, -0.2) is 23.0 Å². The van der Waals surface area contributed by atoms with E-state index in [0.717, 1.165) is 9.26 Å². The molecule has 0 bridgehead atoms. The van der Waals surface area contributed by atoms with Crippen molar-refractivity contribution in [1.82, 2.24) is 9.97 Å². The molecular weight excluding hydrogens is 381 g/mol. The van der Waals surface area contributed by atoms with Gasteiger partial charge in [0.1, 0.15) is 5.82 Å². The van der Waals surface area contributed by atoms with Crippen molar-refractivity contribution in [3.8, 4) is 0 Å². The molecule has 0 saturated heterocycles. The highest BCUT2D eigenvalue weighted by atomic mass is 127. The molecule has 0 spiro atoms. The Morgan fingerprint density at radius 2 is 2.16 bits per heavy atom. The summed E-state index contributed by atoms with van der Waals surface area (Å²) in [5, 5.41) is 3.76. The molecule has 98 valence electrons. The van der Waals surface area contributed by atoms with E-state index in [2.05, 4.69) is 42.6 Å². The van der Waals surface area contributed by atoms with E-state index in [-0.39, 0.29) is 5.69 Å². The Labute approximate surface area is 128 Å². The van der Waals surface area contributed by atoms with E-state index in [1.165, 1.54) is 19.5 Å². The molecule has 0 aliphatic heterocycles. The first-order valence-corrected chi connectivity index (χ1v) is 6.68. The van der Waals surface area contributed by atoms with Crippen LogP contribution in [0.2, 0.25) is 5.02 Å². The van der Waals surface area contributed by atoms with Crippen molar-refractivity contribution >= 4 is 51.7 Å². The molecule has 0 aliphatic carbocycles. The maximum absolute atomic E-state index is 11.2. The van der Waals surface area contributed by atoms with Crippen LogP contribution in [0.3, 0.4) is 0 Å². The number of hydrogen-bond donors (Lipinski definition) is 1. The summed E-state index contributed by atoms with van der Waals surface area (Å²) < 4.78 is 5.51. The Bertz CT molecular complexity index is 604. The van der Waals surface area contributed by atoms with Crippen molar-refractivity contribution in [2.75, 3.05) is 12.4 Å². The van der Waals surface area contributed by atoms with Gasteiger partial charge >= 0.3 is 5.97 Å². The average molecular weight is 390 g/mol. The number of rotatable bonds is 3. The number of esters is 1. The highest BCUT2D eigenvalue weighted by Gasteiger charge is 2.08. The van der Waals surface area contributed by atoms with Crippen molar-refractivity contribution in [2.45, 2.75) is 0 Å². The number of methoxy groups -OCH3 is 1. The number of anilines is 2. The molecule has 1 aromatic carbocycles. The molecule has 0 aliphatic rings. The monoisotopic (exact) mass is 389 g/mol. The Morgan fingerprint density at radius 3 is 2.74 bits per heavy atom. The van der Waals surface area contributed by atoms with Gasteiger partial charge in [-0.1, -0.05) is 11.6 Å². The summed E-state index contributed by atoms with van der Waals surface area (Å²) in [6.07, 6.45) is 2.83. The lowest BCUT2D eigenvalue weighted by Crippen LogP contribution is -2.06. The number of benzene rings is 1. The molecule has 5 nitrogen and oxygen atoms in total. The third-order valence-corrected chi connectivity index (χ3v) is 3.37. The predicted molar refractivity (Wildman–Crippen MR) is 80.8 cm³/mol. The van der Waals surface area contributed by atoms with Crippen LogP contribution >= 0.6 is 34.2 Å². The normalized spacial score (nSPS) is 10.1. The van der Waals surface area contributed by atoms with Crippen molar-refractivity contribution in [1.29, 1.82) is 0 Å². The highest BCUT2D eigenvalue weighted by molar-refractivity contribution is 14.1. The number of carbonyl (C=O) groups is 1. The van der Waals surface area contributed by atoms with Gasteiger partial charge in [0, 0.05) is 8.59 Å². The first-order chi connectivity index (χ1) is 9.10. The van der Waals surface area contributed by atoms with E-state index >= 15 is 0 Å². The predicted octanol–water partition coefficient (Wildman–Crippen LogP) is 3.26. The maximum atomic E-state index is 11.2. The molecule has 7 heteroatoms. The molecule has 2 aromatic rings. The average Bonchev–Trinajstić information content (AvgIpc) is 2.42. The Balaban J connectivity index is 2.17. The molecule has 0 amide bonds. The van der Waals surface area contributed by atoms with Gasteiger partial charge in [0.25, 0.3) is 0 Å². The molecule has 19 heavy (non-hydrogen) atoms. The Kier molecular flexibility index (Phi) is 4.54. The lowest BCUT2D eigenvalue weighted by molar-refractivity contribution is 0.0593. The fourth-order valence-corrected chi connectivity index (χ4v) is 2.34. The second-order valence-electron chi connectivity index (χ2n) is 3.53. The van der Waals surface area contributed by atoms with Crippen LogP contribution in [0.15, 0.2) is 30.6 Å². The summed E-state index contributed by atoms with van der Waals surface area (Å²) in [4.78, 5) is 19.3. The standard InChI is InChI=1S/C12H9ClIN3O2/c1-19-12(18)10-5-16-11(6-15-10)17-9-3-2-7(13)4-8(9)14/h2-6H,1H3,(H,16,17). The van der Waals surface area contributed by atoms with Gasteiger partial charge in [0.05, 0.1) is 25.2 Å². The molecule has 1 N–H and O–H groups in total. The number of aromatic nitrogens is 2. The molecule has 0 fully saturated rings. The van der Waals surface area contributed by atoms with E-state index in [9.17, 15) is 4.79 Å². The number of ether oxygens (including phenoxy) is 1. The lowest BCUT2D eigenvalue weighted by atomic mass is 10.3. The molecule has 1 heterocycles. The molecule has 0 radical (unpaired) electrons. The molecule has 1 aromatic heterocycles. The third kappa shape index (κ3) is 3.54. The molecular formula is C12H9ClIN3O2. The number of carbonyl (C=O) groups excluding carboxylic acids is 1. The number of nitrogens with one attached hydrogen (secondary N) is 1. The highest BCUT2D eigenvalue weighted by Crippen LogP contribution is 2.24. The van der Waals surface area contributed by atoms with Crippen molar-refractivity contribution in [3.05, 3.63) is 44.9 Å². The zero-order valence-electron chi connectivity index (χ0n) is 9.85. The molecule has 2 rings (SSSR count). The SMILES string of the molecule is COC(=O)c1cnc(Nc2ccc(Cl)cc2I)cn1. The van der Waals surface area contributed by atoms with E-state index in [0.29, 0.717) is 10.8 Å². The van der Waals surface area contributed by atoms with Gasteiger partial charge in [-0.2, -0.15) is 0 Å². The molecule has 0 atom stereocenters. The largest absolute Gasteiger partial charge is 0.464 e. The van der Waals surface area contributed by atoms with Gasteiger partial charge in [-0.15, -0.1) is 0 Å². The van der Waals surface area contributed by atoms with Gasteiger partial charge in [-0.25, -0.2) is 14.8 Å². The fraction of sp³-hybridized carbons (Fsp3) is 0.0833. The summed E-state index contributed by atoms with van der Waals surface area (Å²) in [7, 11) is 1.30. The Hall–Kier alpha value is -1.41. The number of halogens is 2. The van der Waals surface area contributed by atoms with Crippen LogP contribution in [0.1, 0.15) is 10.5 Å². The summed E-state index contributed by atoms with van der Waals surface area (Å²) in [5.74, 6) is 0.0213. The third-order valence-electron chi connectivity index (χ3n) is 2.24. The van der Waals surface area contributed by atoms with Crippen LogP contribution in [-0.2, 0) is 4.74 Å². The Morgan fingerprint density at radius 1 is 1.37 bits per heavy atom. The summed E-state index contributed by atoms with van der Waals surface area (Å²) >= 11 is 8.05. The van der Waals surface area contributed by atoms with Crippen molar-refractivity contribution in [3.63, 3.8) is 0 Å². The van der Waals surface area contributed by atoms with Gasteiger partial charge in [-0.05, 0) is 40.8 Å². The minimum atomic E-state index is -0.514. The minimum absolute atomic E-state index is 0.166. The topological polar surface area (TPSA) is 64.1 Å². The van der Waals surface area contributed by atoms with Gasteiger partial charge in [0.15, 0.2) is 5.69 Å². The quantitative estimate of drug-likeness (QED) is 0.645. The number of hydrogen-bond acceptors (Lipinski definition) is 5. The van der Waals surface area contributed by atoms with Crippen molar-refractivity contribution < 1.29 is 9.53 Å². The zero-order valence-corrected chi connectivity index (χ0v) is 12.8. The maximum Gasteiger partial charge on any atom is 0.358 e. The van der Waals surface area contributed by atoms with Gasteiger partial charge < -0.3 is 10.1 Å².